The lowest BCUT2D eigenvalue weighted by molar-refractivity contribution is 0.415. The van der Waals surface area contributed by atoms with Crippen LogP contribution in [0.3, 0.4) is 0 Å². The number of nitrogens with zero attached hydrogens (tertiary/aromatic N) is 11. The van der Waals surface area contributed by atoms with Gasteiger partial charge in [-0.25, -0.2) is 0 Å². The fraction of sp³-hybridized carbons (Fsp3) is 0.239. The fourth-order valence-electron chi connectivity index (χ4n) is 6.90. The molecule has 3 heterocycles. The Morgan fingerprint density at radius 2 is 1.05 bits per heavy atom. The molecule has 2 N–H and O–H groups in total. The van der Waals surface area contributed by atoms with Gasteiger partial charge < -0.3 is 29.9 Å². The summed E-state index contributed by atoms with van der Waals surface area (Å²) in [4.78, 5) is 19.4. The number of thioether (sulfide) groups is 1. The van der Waals surface area contributed by atoms with Crippen LogP contribution >= 0.6 is 34.8 Å². The Morgan fingerprint density at radius 1 is 0.562 bits per heavy atom. The summed E-state index contributed by atoms with van der Waals surface area (Å²) in [5.74, 6) is 2.74. The van der Waals surface area contributed by atoms with Crippen LogP contribution in [0.15, 0.2) is 129 Å². The fourth-order valence-corrected chi connectivity index (χ4v) is 9.06. The van der Waals surface area contributed by atoms with E-state index in [4.69, 9.17) is 34.7 Å². The normalized spacial score (nSPS) is 11.5. The maximum Gasteiger partial charge on any atom is 0.233 e. The van der Waals surface area contributed by atoms with Crippen LogP contribution in [0.25, 0.3) is 21.8 Å². The largest absolute Gasteiger partial charge is 0.497 e. The third kappa shape index (κ3) is 10.2. The van der Waals surface area contributed by atoms with Gasteiger partial charge in [-0.15, -0.1) is 20.5 Å². The predicted octanol–water partition coefficient (Wildman–Crippen LogP) is 13.4. The minimum absolute atomic E-state index is 0.322. The van der Waals surface area contributed by atoms with Gasteiger partial charge in [-0.05, 0) is 129 Å². The molecule has 5 aromatic carbocycles. The molecule has 15 nitrogen and oxygen atoms in total. The van der Waals surface area contributed by atoms with E-state index >= 15 is 0 Å². The molecule has 3 aromatic heterocycles. The van der Waals surface area contributed by atoms with Gasteiger partial charge in [0, 0.05) is 54.1 Å². The Hall–Kier alpha value is -6.76. The summed E-state index contributed by atoms with van der Waals surface area (Å²) < 4.78 is 20.1. The zero-order valence-electron chi connectivity index (χ0n) is 36.3. The van der Waals surface area contributed by atoms with Crippen molar-refractivity contribution in [3.63, 3.8) is 0 Å². The summed E-state index contributed by atoms with van der Waals surface area (Å²) in [5, 5.41) is 29.5. The number of benzene rings is 5. The average Bonchev–Trinajstić information content (AvgIpc) is 3.94. The van der Waals surface area contributed by atoms with E-state index in [-0.39, 0.29) is 0 Å². The van der Waals surface area contributed by atoms with Gasteiger partial charge in [0.15, 0.2) is 15.2 Å². The number of methoxy groups -OCH3 is 2. The van der Waals surface area contributed by atoms with Crippen LogP contribution in [-0.4, -0.2) is 64.1 Å². The first-order valence-electron chi connectivity index (χ1n) is 20.8. The van der Waals surface area contributed by atoms with Gasteiger partial charge in [0.05, 0.1) is 36.6 Å². The molecule has 8 rings (SSSR count). The highest BCUT2D eigenvalue weighted by molar-refractivity contribution is 7.98. The van der Waals surface area contributed by atoms with Gasteiger partial charge in [0.1, 0.15) is 22.9 Å². The molecule has 0 aliphatic rings. The molecule has 326 valence electrons. The lowest BCUT2D eigenvalue weighted by Gasteiger charge is -2.22. The molecule has 0 saturated carbocycles. The zero-order valence-corrected chi connectivity index (χ0v) is 38.8. The number of hydrogen-bond donors (Lipinski definition) is 2. The Bertz CT molecular complexity index is 2740. The molecule has 0 fully saturated rings. The van der Waals surface area contributed by atoms with Crippen molar-refractivity contribution in [2.45, 2.75) is 38.6 Å². The highest BCUT2D eigenvalue weighted by Gasteiger charge is 2.17. The smallest absolute Gasteiger partial charge is 0.233 e. The van der Waals surface area contributed by atoms with Gasteiger partial charge >= 0.3 is 0 Å². The second-order valence-corrected chi connectivity index (χ2v) is 16.6. The number of fused-ring (bicyclic) bond motifs is 2. The molecular weight excluding hydrogens is 863 g/mol. The quantitative estimate of drug-likeness (QED) is 0.0584. The molecule has 8 aromatic rings. The summed E-state index contributed by atoms with van der Waals surface area (Å²) in [6.07, 6.45) is 0. The van der Waals surface area contributed by atoms with E-state index in [9.17, 15) is 0 Å². The summed E-state index contributed by atoms with van der Waals surface area (Å²) >= 11 is 4.08. The highest BCUT2D eigenvalue weighted by atomic mass is 32.2. The third-order valence-electron chi connectivity index (χ3n) is 10.4. The number of nitrogens with one attached hydrogen (secondary N) is 2. The molecule has 0 aliphatic carbocycles. The lowest BCUT2D eigenvalue weighted by atomic mass is 10.2. The van der Waals surface area contributed by atoms with Crippen LogP contribution in [0, 0.1) is 0 Å². The second-order valence-electron chi connectivity index (χ2n) is 14.2. The van der Waals surface area contributed by atoms with Crippen molar-refractivity contribution in [2.24, 2.45) is 20.5 Å². The lowest BCUT2D eigenvalue weighted by Crippen LogP contribution is -2.21. The third-order valence-corrected chi connectivity index (χ3v) is 12.8. The van der Waals surface area contributed by atoms with Crippen molar-refractivity contribution in [2.75, 3.05) is 60.8 Å². The van der Waals surface area contributed by atoms with Crippen molar-refractivity contribution < 1.29 is 9.47 Å². The number of anilines is 6. The standard InChI is InChI=1S/C46H47N13O2S3/c1-7-58(8-2)30-16-20-38(52-54-42-34-26-32(60-5)18-22-36(34)56-63-42)40(24-30)47-44-49-45(51-46(50-44)62-28-29-14-12-11-13-15-29)48-41-25-31(59(9-3)10-4)17-21-39(41)53-55-43-35-27-33(61-6)19-23-37(35)57-64-43/h11-27H,7-10,28H2,1-6H3,(H2,47,48,49,50,51)/b54-52+,55-53+. The van der Waals surface area contributed by atoms with Crippen LogP contribution in [-0.2, 0) is 5.75 Å². The van der Waals surface area contributed by atoms with Crippen LogP contribution < -0.4 is 29.9 Å². The Labute approximate surface area is 384 Å². The Morgan fingerprint density at radius 3 is 1.50 bits per heavy atom. The first-order valence-corrected chi connectivity index (χ1v) is 23.4. The second kappa shape index (κ2) is 20.6. The minimum Gasteiger partial charge on any atom is -0.497 e. The Balaban J connectivity index is 1.19. The van der Waals surface area contributed by atoms with Crippen LogP contribution in [0.1, 0.15) is 33.3 Å². The maximum atomic E-state index is 5.48. The molecule has 0 atom stereocenters. The molecule has 0 unspecified atom stereocenters. The van der Waals surface area contributed by atoms with Gasteiger partial charge in [-0.1, -0.05) is 42.1 Å². The summed E-state index contributed by atoms with van der Waals surface area (Å²) in [6, 6.07) is 33.8. The first kappa shape index (κ1) is 43.9. The number of azo groups is 2. The van der Waals surface area contributed by atoms with E-state index in [1.54, 1.807) is 14.2 Å². The van der Waals surface area contributed by atoms with E-state index in [0.717, 1.165) is 76.4 Å². The number of rotatable bonds is 19. The van der Waals surface area contributed by atoms with E-state index in [1.807, 2.05) is 91.0 Å². The van der Waals surface area contributed by atoms with Crippen molar-refractivity contribution in [3.05, 3.63) is 109 Å². The zero-order chi connectivity index (χ0) is 44.4. The topological polar surface area (TPSA) is 163 Å². The molecule has 0 spiro atoms. The van der Waals surface area contributed by atoms with Gasteiger partial charge in [0.25, 0.3) is 0 Å². The predicted molar refractivity (Wildman–Crippen MR) is 263 cm³/mol. The molecule has 64 heavy (non-hydrogen) atoms. The first-order chi connectivity index (χ1) is 31.4. The molecule has 0 bridgehead atoms. The molecule has 0 aliphatic heterocycles. The highest BCUT2D eigenvalue weighted by Crippen LogP contribution is 2.40. The number of ether oxygens (including phenoxy) is 2. The van der Waals surface area contributed by atoms with Crippen LogP contribution in [0.4, 0.5) is 56.0 Å². The molecular formula is C46H47N13O2S3. The SMILES string of the molecule is CCN(CC)c1ccc(/N=N/c2snc3ccc(OC)cc23)c(Nc2nc(Nc3cc(N(CC)CC)ccc3/N=N/c3snc4ccc(OC)cc34)nc(SCc3ccccc3)n2)c1. The molecule has 0 radical (unpaired) electrons. The summed E-state index contributed by atoms with van der Waals surface area (Å²) in [7, 11) is 3.28. The van der Waals surface area contributed by atoms with Crippen molar-refractivity contribution >= 4 is 113 Å². The summed E-state index contributed by atoms with van der Waals surface area (Å²) in [5.41, 5.74) is 7.35. The molecule has 0 saturated heterocycles. The monoisotopic (exact) mass is 909 g/mol. The van der Waals surface area contributed by atoms with E-state index in [2.05, 4.69) is 79.2 Å². The van der Waals surface area contributed by atoms with Gasteiger partial charge in [0.2, 0.25) is 11.9 Å². The van der Waals surface area contributed by atoms with Crippen LogP contribution in [0.5, 0.6) is 11.5 Å². The maximum absolute atomic E-state index is 5.48. The van der Waals surface area contributed by atoms with Crippen molar-refractivity contribution in [1.82, 2.24) is 23.7 Å². The van der Waals surface area contributed by atoms with Gasteiger partial charge in [-0.2, -0.15) is 23.7 Å². The van der Waals surface area contributed by atoms with Gasteiger partial charge in [-0.3, -0.25) is 0 Å². The molecule has 0 amide bonds. The van der Waals surface area contributed by atoms with Crippen LogP contribution in [0.2, 0.25) is 0 Å². The van der Waals surface area contributed by atoms with Crippen molar-refractivity contribution in [1.29, 1.82) is 0 Å². The van der Waals surface area contributed by atoms with E-state index in [0.29, 0.717) is 55.6 Å². The van der Waals surface area contributed by atoms with E-state index < -0.39 is 0 Å². The van der Waals surface area contributed by atoms with E-state index in [1.165, 1.54) is 34.8 Å². The van der Waals surface area contributed by atoms with Crippen molar-refractivity contribution in [3.8, 4) is 11.5 Å². The molecule has 18 heteroatoms. The number of aromatic nitrogens is 5. The minimum atomic E-state index is 0.322. The average molecular weight is 910 g/mol. The number of hydrogen-bond acceptors (Lipinski definition) is 18. The summed E-state index contributed by atoms with van der Waals surface area (Å²) in [6.45, 7) is 11.8. The Kier molecular flexibility index (Phi) is 14.1.